The second-order valence-electron chi connectivity index (χ2n) is 4.25. The second kappa shape index (κ2) is 3.67. The van der Waals surface area contributed by atoms with Crippen molar-refractivity contribution in [1.82, 2.24) is 0 Å². The fourth-order valence-electron chi connectivity index (χ4n) is 2.40. The van der Waals surface area contributed by atoms with Gasteiger partial charge in [-0.05, 0) is 18.2 Å². The highest BCUT2D eigenvalue weighted by atomic mass is 35.5. The molecule has 0 radical (unpaired) electrons. The fraction of sp³-hybridized carbons (Fsp3) is 0. The van der Waals surface area contributed by atoms with Crippen LogP contribution in [0.25, 0.3) is 25.9 Å². The lowest BCUT2D eigenvalue weighted by molar-refractivity contribution is -0.446. The maximum atomic E-state index is 6.27. The summed E-state index contributed by atoms with van der Waals surface area (Å²) in [5.74, 6) is 0. The van der Waals surface area contributed by atoms with Crippen LogP contribution in [0.1, 0.15) is 0 Å². The number of fused-ring (bicyclic) bond motifs is 5. The Balaban J connectivity index is 2.37. The number of pyridine rings is 1. The first-order valence-corrected chi connectivity index (χ1v) is 6.94. The van der Waals surface area contributed by atoms with Crippen LogP contribution >= 0.6 is 22.9 Å². The van der Waals surface area contributed by atoms with Crippen molar-refractivity contribution in [1.29, 1.82) is 0 Å². The Labute approximate surface area is 113 Å². The number of aromatic nitrogens is 1. The van der Waals surface area contributed by atoms with E-state index in [2.05, 4.69) is 46.9 Å². The van der Waals surface area contributed by atoms with E-state index in [1.54, 1.807) is 11.3 Å². The molecule has 2 aromatic carbocycles. The van der Waals surface area contributed by atoms with Crippen LogP contribution in [-0.4, -0.2) is 0 Å². The number of hydrogen-bond donors (Lipinski definition) is 0. The zero-order valence-corrected chi connectivity index (χ0v) is 11.0. The van der Waals surface area contributed by atoms with Crippen LogP contribution in [0.4, 0.5) is 0 Å². The summed E-state index contributed by atoms with van der Waals surface area (Å²) in [6.07, 6.45) is 0. The van der Waals surface area contributed by atoms with Crippen LogP contribution in [0.3, 0.4) is 0 Å². The number of halogens is 1. The molecule has 0 fully saturated rings. The van der Waals surface area contributed by atoms with Gasteiger partial charge in [-0.1, -0.05) is 41.1 Å². The van der Waals surface area contributed by atoms with Crippen molar-refractivity contribution in [2.75, 3.05) is 0 Å². The summed E-state index contributed by atoms with van der Waals surface area (Å²) in [4.78, 5) is 1.24. The van der Waals surface area contributed by atoms with Crippen LogP contribution in [0.15, 0.2) is 54.6 Å². The number of benzene rings is 2. The normalized spacial score (nSPS) is 11.6. The summed E-state index contributed by atoms with van der Waals surface area (Å²) >= 11 is 8.07. The molecule has 2 aromatic heterocycles. The molecule has 3 heteroatoms. The average molecular weight is 271 g/mol. The summed E-state index contributed by atoms with van der Waals surface area (Å²) in [6.45, 7) is 0. The standard InChI is InChI=1S/C15H9ClNS/c16-11-4-3-6-12-10(11)8-9-15-17(12)13-5-1-2-7-14(13)18-15/h1-9H/q+1. The first-order chi connectivity index (χ1) is 8.84. The van der Waals surface area contributed by atoms with Crippen molar-refractivity contribution in [2.24, 2.45) is 0 Å². The van der Waals surface area contributed by atoms with E-state index in [1.165, 1.54) is 15.0 Å². The Morgan fingerprint density at radius 2 is 1.67 bits per heavy atom. The van der Waals surface area contributed by atoms with E-state index < -0.39 is 0 Å². The minimum Gasteiger partial charge on any atom is -0.143 e. The van der Waals surface area contributed by atoms with E-state index >= 15 is 0 Å². The molecule has 0 aliphatic heterocycles. The van der Waals surface area contributed by atoms with E-state index in [0.29, 0.717) is 0 Å². The highest BCUT2D eigenvalue weighted by molar-refractivity contribution is 7.23. The lowest BCUT2D eigenvalue weighted by atomic mass is 10.2. The monoisotopic (exact) mass is 270 g/mol. The van der Waals surface area contributed by atoms with Gasteiger partial charge in [0, 0.05) is 18.2 Å². The van der Waals surface area contributed by atoms with Gasteiger partial charge in [0.1, 0.15) is 4.70 Å². The average Bonchev–Trinajstić information content (AvgIpc) is 2.77. The number of para-hydroxylation sites is 1. The highest BCUT2D eigenvalue weighted by Crippen LogP contribution is 2.27. The first kappa shape index (κ1) is 10.3. The Morgan fingerprint density at radius 1 is 0.833 bits per heavy atom. The maximum absolute atomic E-state index is 6.27. The Kier molecular flexibility index (Phi) is 2.10. The molecule has 4 aromatic rings. The summed E-state index contributed by atoms with van der Waals surface area (Å²) in [7, 11) is 0. The van der Waals surface area contributed by atoms with Gasteiger partial charge in [-0.3, -0.25) is 0 Å². The van der Waals surface area contributed by atoms with E-state index in [1.807, 2.05) is 12.1 Å². The van der Waals surface area contributed by atoms with Crippen LogP contribution in [-0.2, 0) is 0 Å². The Hall–Kier alpha value is -1.64. The fourth-order valence-corrected chi connectivity index (χ4v) is 3.69. The van der Waals surface area contributed by atoms with Crippen molar-refractivity contribution in [3.63, 3.8) is 0 Å². The van der Waals surface area contributed by atoms with Gasteiger partial charge < -0.3 is 0 Å². The van der Waals surface area contributed by atoms with Crippen molar-refractivity contribution in [3.8, 4) is 0 Å². The smallest absolute Gasteiger partial charge is 0.143 e. The van der Waals surface area contributed by atoms with Gasteiger partial charge >= 0.3 is 0 Å². The molecule has 0 spiro atoms. The maximum Gasteiger partial charge on any atom is 0.268 e. The molecule has 0 aliphatic carbocycles. The highest BCUT2D eigenvalue weighted by Gasteiger charge is 2.17. The van der Waals surface area contributed by atoms with Gasteiger partial charge in [0.2, 0.25) is 11.0 Å². The SMILES string of the molecule is Clc1cccc2c1ccc1sc3ccccc3[n+]12. The van der Waals surface area contributed by atoms with E-state index in [9.17, 15) is 0 Å². The molecule has 86 valence electrons. The molecule has 2 heterocycles. The molecular formula is C15H9ClNS+. The van der Waals surface area contributed by atoms with E-state index in [4.69, 9.17) is 11.6 Å². The van der Waals surface area contributed by atoms with Gasteiger partial charge in [0.15, 0.2) is 0 Å². The molecule has 0 aliphatic rings. The molecule has 0 bridgehead atoms. The van der Waals surface area contributed by atoms with Gasteiger partial charge in [0.25, 0.3) is 4.83 Å². The number of hydrogen-bond acceptors (Lipinski definition) is 1. The van der Waals surface area contributed by atoms with Crippen LogP contribution < -0.4 is 4.40 Å². The van der Waals surface area contributed by atoms with Crippen LogP contribution in [0.5, 0.6) is 0 Å². The van der Waals surface area contributed by atoms with E-state index in [0.717, 1.165) is 15.9 Å². The first-order valence-electron chi connectivity index (χ1n) is 5.75. The summed E-state index contributed by atoms with van der Waals surface area (Å²) < 4.78 is 3.58. The van der Waals surface area contributed by atoms with Crippen molar-refractivity contribution >= 4 is 48.9 Å². The lowest BCUT2D eigenvalue weighted by Crippen LogP contribution is -2.20. The molecule has 4 rings (SSSR count). The third-order valence-electron chi connectivity index (χ3n) is 3.20. The molecule has 18 heavy (non-hydrogen) atoms. The molecule has 0 atom stereocenters. The molecular weight excluding hydrogens is 262 g/mol. The third-order valence-corrected chi connectivity index (χ3v) is 4.63. The molecule has 0 saturated carbocycles. The largest absolute Gasteiger partial charge is 0.268 e. The van der Waals surface area contributed by atoms with Gasteiger partial charge in [-0.15, -0.1) is 4.40 Å². The second-order valence-corrected chi connectivity index (χ2v) is 5.72. The summed E-state index contributed by atoms with van der Waals surface area (Å²) in [5, 5.41) is 1.90. The predicted octanol–water partition coefficient (Wildman–Crippen LogP) is 4.45. The van der Waals surface area contributed by atoms with Gasteiger partial charge in [-0.25, -0.2) is 0 Å². The molecule has 0 N–H and O–H groups in total. The minimum absolute atomic E-state index is 0.803. The van der Waals surface area contributed by atoms with Crippen LogP contribution in [0.2, 0.25) is 5.02 Å². The van der Waals surface area contributed by atoms with Crippen LogP contribution in [0, 0.1) is 0 Å². The molecule has 0 unspecified atom stereocenters. The zero-order chi connectivity index (χ0) is 12.1. The zero-order valence-electron chi connectivity index (χ0n) is 9.43. The Bertz CT molecular complexity index is 895. The quantitative estimate of drug-likeness (QED) is 0.416. The van der Waals surface area contributed by atoms with Crippen molar-refractivity contribution in [2.45, 2.75) is 0 Å². The summed E-state index contributed by atoms with van der Waals surface area (Å²) in [6, 6.07) is 18.8. The van der Waals surface area contributed by atoms with E-state index in [-0.39, 0.29) is 0 Å². The molecule has 0 saturated heterocycles. The number of rotatable bonds is 0. The molecule has 0 amide bonds. The predicted molar refractivity (Wildman–Crippen MR) is 77.5 cm³/mol. The lowest BCUT2D eigenvalue weighted by Gasteiger charge is -1.96. The summed E-state index contributed by atoms with van der Waals surface area (Å²) in [5.41, 5.74) is 2.41. The van der Waals surface area contributed by atoms with Gasteiger partial charge in [-0.2, -0.15) is 0 Å². The van der Waals surface area contributed by atoms with Crippen molar-refractivity contribution in [3.05, 3.63) is 59.6 Å². The number of thiazole rings is 1. The topological polar surface area (TPSA) is 4.10 Å². The van der Waals surface area contributed by atoms with Gasteiger partial charge in [0.05, 0.1) is 10.4 Å². The minimum atomic E-state index is 0.803. The number of nitrogens with zero attached hydrogens (tertiary/aromatic N) is 1. The van der Waals surface area contributed by atoms with Crippen molar-refractivity contribution < 1.29 is 4.40 Å². The molecule has 1 nitrogen and oxygen atoms in total. The third kappa shape index (κ3) is 1.30. The Morgan fingerprint density at radius 3 is 2.61 bits per heavy atom.